The second-order valence-corrected chi connectivity index (χ2v) is 15.7. The molecule has 2 aliphatic rings. The molecule has 1 saturated heterocycles. The first-order valence-electron chi connectivity index (χ1n) is 20.5. The molecule has 15 nitrogen and oxygen atoms in total. The van der Waals surface area contributed by atoms with Gasteiger partial charge in [0.1, 0.15) is 29.2 Å². The maximum Gasteiger partial charge on any atom is 0.255 e. The van der Waals surface area contributed by atoms with Gasteiger partial charge >= 0.3 is 0 Å². The molecular formula is C45H52N6O9S. The van der Waals surface area contributed by atoms with Crippen molar-refractivity contribution in [3.05, 3.63) is 90.1 Å². The molecule has 7 rings (SSSR count). The monoisotopic (exact) mass is 852 g/mol. The molecule has 322 valence electrons. The van der Waals surface area contributed by atoms with Crippen molar-refractivity contribution in [1.29, 1.82) is 0 Å². The number of Topliss-reactive ketones (excluding diaryl/α,β-unsaturated/α-hetero) is 1. The number of pyridine rings is 1. The summed E-state index contributed by atoms with van der Waals surface area (Å²) in [4.78, 5) is 49.6. The normalized spacial score (nSPS) is 15.0. The number of ether oxygens (including phenoxy) is 6. The zero-order valence-corrected chi connectivity index (χ0v) is 35.4. The molecule has 1 fully saturated rings. The number of hydrogen-bond donors (Lipinski definition) is 2. The molecule has 0 radical (unpaired) electrons. The summed E-state index contributed by atoms with van der Waals surface area (Å²) in [5, 5.41) is 7.09. The Morgan fingerprint density at radius 3 is 2.07 bits per heavy atom. The lowest BCUT2D eigenvalue weighted by Gasteiger charge is -2.29. The van der Waals surface area contributed by atoms with Crippen molar-refractivity contribution in [3.8, 4) is 27.4 Å². The van der Waals surface area contributed by atoms with Gasteiger partial charge in [0.25, 0.3) is 5.91 Å². The van der Waals surface area contributed by atoms with Crippen LogP contribution < -0.4 is 20.3 Å². The summed E-state index contributed by atoms with van der Waals surface area (Å²) in [6.45, 7) is 6.13. The van der Waals surface area contributed by atoms with Crippen LogP contribution in [0.15, 0.2) is 79.0 Å². The first-order chi connectivity index (χ1) is 29.8. The Morgan fingerprint density at radius 2 is 1.41 bits per heavy atom. The number of nitrogens with one attached hydrogen (secondary N) is 2. The average Bonchev–Trinajstić information content (AvgIpc) is 3.84. The lowest BCUT2D eigenvalue weighted by atomic mass is 10.0. The van der Waals surface area contributed by atoms with Crippen LogP contribution in [0, 0.1) is 0 Å². The maximum atomic E-state index is 12.8. The molecule has 2 amide bonds. The van der Waals surface area contributed by atoms with Crippen LogP contribution >= 0.6 is 11.3 Å². The molecule has 2 aliphatic heterocycles. The zero-order chi connectivity index (χ0) is 42.4. The van der Waals surface area contributed by atoms with Crippen LogP contribution in [0.4, 0.5) is 11.5 Å². The molecule has 3 aromatic carbocycles. The predicted molar refractivity (Wildman–Crippen MR) is 233 cm³/mol. The Labute approximate surface area is 359 Å². The van der Waals surface area contributed by atoms with Crippen molar-refractivity contribution in [2.24, 2.45) is 0 Å². The van der Waals surface area contributed by atoms with E-state index in [9.17, 15) is 14.4 Å². The highest BCUT2D eigenvalue weighted by Crippen LogP contribution is 2.33. The molecule has 2 aromatic heterocycles. The third-order valence-corrected chi connectivity index (χ3v) is 11.2. The topological polar surface area (TPSA) is 163 Å². The number of ketones is 1. The highest BCUT2D eigenvalue weighted by atomic mass is 32.1. The minimum atomic E-state index is -0.641. The summed E-state index contributed by atoms with van der Waals surface area (Å²) in [6.07, 6.45) is 1.70. The van der Waals surface area contributed by atoms with Crippen molar-refractivity contribution < 1.29 is 42.8 Å². The van der Waals surface area contributed by atoms with Crippen molar-refractivity contribution in [3.63, 3.8) is 0 Å². The smallest absolute Gasteiger partial charge is 0.255 e. The number of rotatable bonds is 24. The van der Waals surface area contributed by atoms with E-state index >= 15 is 0 Å². The molecule has 4 heterocycles. The van der Waals surface area contributed by atoms with Crippen LogP contribution in [0.1, 0.15) is 22.3 Å². The Kier molecular flexibility index (Phi) is 15.6. The highest BCUT2D eigenvalue weighted by Gasteiger charge is 2.39. The number of piperidine rings is 1. The second kappa shape index (κ2) is 21.9. The van der Waals surface area contributed by atoms with Gasteiger partial charge in [-0.15, -0.1) is 11.3 Å². The number of aromatic nitrogens is 2. The number of amides is 2. The van der Waals surface area contributed by atoms with Gasteiger partial charge in [0, 0.05) is 62.3 Å². The van der Waals surface area contributed by atoms with Gasteiger partial charge in [0.2, 0.25) is 5.91 Å². The summed E-state index contributed by atoms with van der Waals surface area (Å²) in [5.41, 5.74) is 6.64. The fourth-order valence-electron chi connectivity index (χ4n) is 6.86. The third kappa shape index (κ3) is 12.1. The molecule has 0 saturated carbocycles. The number of nitrogens with zero attached hydrogens (tertiary/aromatic N) is 4. The van der Waals surface area contributed by atoms with E-state index < -0.39 is 6.04 Å². The molecule has 16 heteroatoms. The molecule has 5 aromatic rings. The first kappa shape index (κ1) is 43.6. The SMILES string of the molecule is CN(C)c1ccc(-c2ccc(-c3nc4ccc(NCCOCCOCCOCCOCCOCCOc5ccc6c(c5)CN(C5CNC(=O)CC5=O)C6=O)cc4s3)cc2)cn1. The van der Waals surface area contributed by atoms with Gasteiger partial charge in [-0.1, -0.05) is 24.3 Å². The van der Waals surface area contributed by atoms with Gasteiger partial charge in [0.15, 0.2) is 5.78 Å². The van der Waals surface area contributed by atoms with Crippen molar-refractivity contribution in [2.45, 2.75) is 19.0 Å². The van der Waals surface area contributed by atoms with Crippen LogP contribution in [0.5, 0.6) is 5.75 Å². The minimum Gasteiger partial charge on any atom is -0.491 e. The predicted octanol–water partition coefficient (Wildman–Crippen LogP) is 5.08. The van der Waals surface area contributed by atoms with Crippen LogP contribution in [-0.4, -0.2) is 138 Å². The number of thiazole rings is 1. The van der Waals surface area contributed by atoms with Gasteiger partial charge in [0.05, 0.1) is 82.7 Å². The fraction of sp³-hybridized carbons (Fsp3) is 0.400. The minimum absolute atomic E-state index is 0.141. The van der Waals surface area contributed by atoms with Crippen molar-refractivity contribution in [2.75, 3.05) is 110 Å². The van der Waals surface area contributed by atoms with E-state index in [4.69, 9.17) is 33.4 Å². The number of benzene rings is 3. The molecule has 61 heavy (non-hydrogen) atoms. The fourth-order valence-corrected chi connectivity index (χ4v) is 7.87. The van der Waals surface area contributed by atoms with Gasteiger partial charge in [-0.25, -0.2) is 9.97 Å². The second-order valence-electron chi connectivity index (χ2n) is 14.6. The van der Waals surface area contributed by atoms with Crippen LogP contribution in [0.2, 0.25) is 0 Å². The Morgan fingerprint density at radius 1 is 0.754 bits per heavy atom. The summed E-state index contributed by atoms with van der Waals surface area (Å²) < 4.78 is 35.0. The Hall–Kier alpha value is -5.49. The Balaban J connectivity index is 0.660. The summed E-state index contributed by atoms with van der Waals surface area (Å²) in [5.74, 6) is 0.796. The van der Waals surface area contributed by atoms with E-state index in [0.717, 1.165) is 49.0 Å². The summed E-state index contributed by atoms with van der Waals surface area (Å²) in [7, 11) is 3.97. The molecule has 0 aliphatic carbocycles. The molecule has 0 bridgehead atoms. The van der Waals surface area contributed by atoms with Gasteiger partial charge in [-0.3, -0.25) is 14.4 Å². The first-order valence-corrected chi connectivity index (χ1v) is 21.3. The summed E-state index contributed by atoms with van der Waals surface area (Å²) >= 11 is 1.68. The van der Waals surface area contributed by atoms with E-state index in [1.54, 1.807) is 23.5 Å². The lowest BCUT2D eigenvalue weighted by Crippen LogP contribution is -2.53. The zero-order valence-electron chi connectivity index (χ0n) is 34.6. The number of carbonyl (C=O) groups excluding carboxylic acids is 3. The van der Waals surface area contributed by atoms with E-state index in [0.29, 0.717) is 97.1 Å². The molecule has 1 unspecified atom stereocenters. The van der Waals surface area contributed by atoms with E-state index in [2.05, 4.69) is 52.0 Å². The van der Waals surface area contributed by atoms with Gasteiger partial charge < -0.3 is 48.9 Å². The number of hydrogen-bond acceptors (Lipinski definition) is 14. The standard InChI is InChI=1S/C45H52N6O9S/c1-50(2)42-12-7-33(28-47-42)31-3-5-32(6-4-31)44-49-38-11-8-35(26-41(38)61-44)46-13-14-55-15-16-56-17-18-57-19-20-58-21-22-59-23-24-60-36-9-10-37-34(25-36)30-51(45(37)54)39-29-48-43(53)27-40(39)52/h3-12,25-26,28,39,46H,13-24,27,29-30H2,1-2H3,(H,48,53). The molecule has 2 N–H and O–H groups in total. The van der Waals surface area contributed by atoms with Gasteiger partial charge in [-0.2, -0.15) is 0 Å². The van der Waals surface area contributed by atoms with Crippen LogP contribution in [0.3, 0.4) is 0 Å². The average molecular weight is 853 g/mol. The molecule has 0 spiro atoms. The van der Waals surface area contributed by atoms with E-state index in [1.165, 1.54) is 4.90 Å². The van der Waals surface area contributed by atoms with E-state index in [1.807, 2.05) is 49.5 Å². The highest BCUT2D eigenvalue weighted by molar-refractivity contribution is 7.21. The number of fused-ring (bicyclic) bond motifs is 2. The van der Waals surface area contributed by atoms with Gasteiger partial charge in [-0.05, 0) is 59.7 Å². The maximum absolute atomic E-state index is 12.8. The lowest BCUT2D eigenvalue weighted by molar-refractivity contribution is -0.134. The van der Waals surface area contributed by atoms with Crippen LogP contribution in [-0.2, 0) is 39.8 Å². The number of anilines is 2. The third-order valence-electron chi connectivity index (χ3n) is 10.1. The van der Waals surface area contributed by atoms with Crippen molar-refractivity contribution >= 4 is 50.7 Å². The number of carbonyl (C=O) groups is 3. The molecular weight excluding hydrogens is 801 g/mol. The quantitative estimate of drug-likeness (QED) is 0.0625. The largest absolute Gasteiger partial charge is 0.491 e. The van der Waals surface area contributed by atoms with E-state index in [-0.39, 0.29) is 30.6 Å². The summed E-state index contributed by atoms with van der Waals surface area (Å²) in [6, 6.07) is 23.4. The van der Waals surface area contributed by atoms with Crippen LogP contribution in [0.25, 0.3) is 31.9 Å². The van der Waals surface area contributed by atoms with Crippen molar-refractivity contribution in [1.82, 2.24) is 20.2 Å². The Bertz CT molecular complexity index is 2230. The molecule has 1 atom stereocenters.